The van der Waals surface area contributed by atoms with Gasteiger partial charge < -0.3 is 9.47 Å². The smallest absolute Gasteiger partial charge is 0.319 e. The predicted molar refractivity (Wildman–Crippen MR) is 86.6 cm³/mol. The van der Waals surface area contributed by atoms with Crippen molar-refractivity contribution >= 4 is 27.3 Å². The van der Waals surface area contributed by atoms with Gasteiger partial charge in [-0.05, 0) is 32.0 Å². The fourth-order valence-corrected chi connectivity index (χ4v) is 3.03. The van der Waals surface area contributed by atoms with Crippen LogP contribution in [0.4, 0.5) is 10.1 Å². The number of nitrogens with one attached hydrogen (secondary N) is 1. The third kappa shape index (κ3) is 4.24. The van der Waals surface area contributed by atoms with E-state index in [1.165, 1.54) is 6.20 Å². The number of halogens is 2. The number of ether oxygens (including phenoxy) is 2. The van der Waals surface area contributed by atoms with E-state index in [4.69, 9.17) is 21.1 Å². The number of aromatic nitrogens is 2. The van der Waals surface area contributed by atoms with Gasteiger partial charge in [0.1, 0.15) is 11.5 Å². The highest BCUT2D eigenvalue weighted by atomic mass is 35.5. The van der Waals surface area contributed by atoms with Crippen LogP contribution in [0.25, 0.3) is 0 Å². The van der Waals surface area contributed by atoms with Gasteiger partial charge in [0.25, 0.3) is 10.0 Å². The number of sulfonamides is 1. The van der Waals surface area contributed by atoms with Crippen molar-refractivity contribution in [2.24, 2.45) is 0 Å². The summed E-state index contributed by atoms with van der Waals surface area (Å²) >= 11 is 5.63. The molecule has 2 rings (SSSR count). The Labute approximate surface area is 143 Å². The highest BCUT2D eigenvalue weighted by Crippen LogP contribution is 2.27. The van der Waals surface area contributed by atoms with Gasteiger partial charge in [0.15, 0.2) is 0 Å². The standard InChI is InChI=1S/C14H15ClFN3O4S/c1-3-22-13-12(8-17-14(18-13)23-4-2)19-24(20,21)9-5-6-11(16)10(15)7-9/h5-8,19H,3-4H2,1-2H3. The van der Waals surface area contributed by atoms with Crippen molar-refractivity contribution in [3.05, 3.63) is 35.2 Å². The molecule has 130 valence electrons. The molecule has 0 bridgehead atoms. The number of anilines is 1. The molecular formula is C14H15ClFN3O4S. The van der Waals surface area contributed by atoms with E-state index in [2.05, 4.69) is 14.7 Å². The molecule has 1 heterocycles. The molecule has 2 aromatic rings. The van der Waals surface area contributed by atoms with E-state index in [-0.39, 0.29) is 34.1 Å². The number of hydrogen-bond acceptors (Lipinski definition) is 6. The van der Waals surface area contributed by atoms with E-state index in [9.17, 15) is 12.8 Å². The van der Waals surface area contributed by atoms with Gasteiger partial charge in [-0.15, -0.1) is 0 Å². The lowest BCUT2D eigenvalue weighted by Crippen LogP contribution is -2.15. The molecule has 0 atom stereocenters. The zero-order valence-electron chi connectivity index (χ0n) is 12.9. The first-order valence-corrected chi connectivity index (χ1v) is 8.84. The molecule has 7 nitrogen and oxygen atoms in total. The number of rotatable bonds is 7. The number of nitrogens with zero attached hydrogens (tertiary/aromatic N) is 2. The summed E-state index contributed by atoms with van der Waals surface area (Å²) in [6, 6.07) is 3.14. The average molecular weight is 376 g/mol. The molecular weight excluding hydrogens is 361 g/mol. The lowest BCUT2D eigenvalue weighted by molar-refractivity contribution is 0.290. The Bertz CT molecular complexity index is 833. The maximum absolute atomic E-state index is 13.2. The Morgan fingerprint density at radius 3 is 2.58 bits per heavy atom. The highest BCUT2D eigenvalue weighted by Gasteiger charge is 2.20. The monoisotopic (exact) mass is 375 g/mol. The highest BCUT2D eigenvalue weighted by molar-refractivity contribution is 7.92. The van der Waals surface area contributed by atoms with Crippen molar-refractivity contribution in [2.75, 3.05) is 17.9 Å². The molecule has 0 spiro atoms. The SMILES string of the molecule is CCOc1ncc(NS(=O)(=O)c2ccc(F)c(Cl)c2)c(OCC)n1. The summed E-state index contributed by atoms with van der Waals surface area (Å²) in [5.74, 6) is -0.692. The van der Waals surface area contributed by atoms with Gasteiger partial charge >= 0.3 is 6.01 Å². The summed E-state index contributed by atoms with van der Waals surface area (Å²) in [6.45, 7) is 4.10. The van der Waals surface area contributed by atoms with Crippen molar-refractivity contribution in [3.8, 4) is 11.9 Å². The Balaban J connectivity index is 2.35. The zero-order valence-corrected chi connectivity index (χ0v) is 14.5. The second-order valence-corrected chi connectivity index (χ2v) is 6.51. The van der Waals surface area contributed by atoms with E-state index in [1.54, 1.807) is 13.8 Å². The van der Waals surface area contributed by atoms with Crippen LogP contribution in [0.2, 0.25) is 5.02 Å². The molecule has 0 aliphatic heterocycles. The maximum Gasteiger partial charge on any atom is 0.319 e. The lowest BCUT2D eigenvalue weighted by Gasteiger charge is -2.12. The molecule has 24 heavy (non-hydrogen) atoms. The molecule has 0 amide bonds. The van der Waals surface area contributed by atoms with Gasteiger partial charge in [0, 0.05) is 0 Å². The summed E-state index contributed by atoms with van der Waals surface area (Å²) in [5, 5.41) is -0.300. The topological polar surface area (TPSA) is 90.4 Å². The lowest BCUT2D eigenvalue weighted by atomic mass is 10.3. The maximum atomic E-state index is 13.2. The fourth-order valence-electron chi connectivity index (χ4n) is 1.71. The van der Waals surface area contributed by atoms with Gasteiger partial charge in [-0.1, -0.05) is 11.6 Å². The zero-order chi connectivity index (χ0) is 17.7. The molecule has 0 unspecified atom stereocenters. The molecule has 0 radical (unpaired) electrons. The summed E-state index contributed by atoms with van der Waals surface area (Å²) < 4.78 is 50.7. The van der Waals surface area contributed by atoms with Gasteiger partial charge in [-0.25, -0.2) is 17.8 Å². The van der Waals surface area contributed by atoms with Crippen molar-refractivity contribution in [2.45, 2.75) is 18.7 Å². The summed E-state index contributed by atoms with van der Waals surface area (Å²) in [6.07, 6.45) is 1.23. The van der Waals surface area contributed by atoms with Crippen LogP contribution < -0.4 is 14.2 Å². The van der Waals surface area contributed by atoms with Crippen LogP contribution in [0.3, 0.4) is 0 Å². The quantitative estimate of drug-likeness (QED) is 0.800. The molecule has 10 heteroatoms. The fraction of sp³-hybridized carbons (Fsp3) is 0.286. The molecule has 0 fully saturated rings. The first kappa shape index (κ1) is 18.2. The van der Waals surface area contributed by atoms with Crippen molar-refractivity contribution in [1.82, 2.24) is 9.97 Å². The molecule has 0 saturated carbocycles. The summed E-state index contributed by atoms with van der Waals surface area (Å²) in [7, 11) is -4.02. The third-order valence-corrected chi connectivity index (χ3v) is 4.38. The van der Waals surface area contributed by atoms with Crippen molar-refractivity contribution < 1.29 is 22.3 Å². The molecule has 1 aromatic heterocycles. The Morgan fingerprint density at radius 2 is 1.96 bits per heavy atom. The number of hydrogen-bond donors (Lipinski definition) is 1. The van der Waals surface area contributed by atoms with Crippen LogP contribution in [0, 0.1) is 5.82 Å². The van der Waals surface area contributed by atoms with Crippen molar-refractivity contribution in [1.29, 1.82) is 0 Å². The molecule has 0 aliphatic rings. The Hall–Kier alpha value is -2.13. The van der Waals surface area contributed by atoms with Crippen LogP contribution in [-0.2, 0) is 10.0 Å². The molecule has 0 saturated heterocycles. The summed E-state index contributed by atoms with van der Waals surface area (Å²) in [5.41, 5.74) is 0.0285. The van der Waals surface area contributed by atoms with Gasteiger partial charge in [-0.3, -0.25) is 4.72 Å². The summed E-state index contributed by atoms with van der Waals surface area (Å²) in [4.78, 5) is 7.68. The second kappa shape index (κ2) is 7.63. The third-order valence-electron chi connectivity index (χ3n) is 2.73. The van der Waals surface area contributed by atoms with E-state index >= 15 is 0 Å². The van der Waals surface area contributed by atoms with Gasteiger partial charge in [0.2, 0.25) is 5.88 Å². The predicted octanol–water partition coefficient (Wildman–Crippen LogP) is 2.87. The minimum atomic E-state index is -4.02. The average Bonchev–Trinajstić information content (AvgIpc) is 2.53. The van der Waals surface area contributed by atoms with Crippen molar-refractivity contribution in [3.63, 3.8) is 0 Å². The minimum absolute atomic E-state index is 0.0210. The molecule has 1 aromatic carbocycles. The first-order valence-electron chi connectivity index (χ1n) is 6.98. The van der Waals surface area contributed by atoms with Crippen LogP contribution in [0.1, 0.15) is 13.8 Å². The Morgan fingerprint density at radius 1 is 1.25 bits per heavy atom. The Kier molecular flexibility index (Phi) is 5.79. The number of benzene rings is 1. The van der Waals surface area contributed by atoms with Crippen LogP contribution in [-0.4, -0.2) is 31.6 Å². The molecule has 0 aliphatic carbocycles. The normalized spacial score (nSPS) is 11.2. The second-order valence-electron chi connectivity index (χ2n) is 4.42. The van der Waals surface area contributed by atoms with Crippen LogP contribution in [0.5, 0.6) is 11.9 Å². The largest absolute Gasteiger partial charge is 0.476 e. The first-order chi connectivity index (χ1) is 11.4. The van der Waals surface area contributed by atoms with Gasteiger partial charge in [-0.2, -0.15) is 4.98 Å². The minimum Gasteiger partial charge on any atom is -0.476 e. The molecule has 1 N–H and O–H groups in total. The van der Waals surface area contributed by atoms with Gasteiger partial charge in [0.05, 0.1) is 29.3 Å². The van der Waals surface area contributed by atoms with Crippen LogP contribution in [0.15, 0.2) is 29.3 Å². The van der Waals surface area contributed by atoms with E-state index < -0.39 is 15.8 Å². The van der Waals surface area contributed by atoms with Crippen LogP contribution >= 0.6 is 11.6 Å². The van der Waals surface area contributed by atoms with E-state index in [0.717, 1.165) is 18.2 Å². The van der Waals surface area contributed by atoms with E-state index in [1.807, 2.05) is 0 Å². The van der Waals surface area contributed by atoms with E-state index in [0.29, 0.717) is 6.61 Å².